The predicted molar refractivity (Wildman–Crippen MR) is 119 cm³/mol. The minimum atomic E-state index is -0.333. The van der Waals surface area contributed by atoms with Crippen molar-refractivity contribution < 1.29 is 19.4 Å². The molecule has 166 valence electrons. The fourth-order valence-electron chi connectivity index (χ4n) is 4.00. The van der Waals surface area contributed by atoms with Crippen LogP contribution in [0.1, 0.15) is 63.9 Å². The molecule has 0 saturated carbocycles. The molecule has 1 N–H and O–H groups in total. The second-order valence-corrected chi connectivity index (χ2v) is 8.32. The van der Waals surface area contributed by atoms with Crippen molar-refractivity contribution in [2.45, 2.75) is 76.9 Å². The lowest BCUT2D eigenvalue weighted by atomic mass is 9.92. The van der Waals surface area contributed by atoms with Gasteiger partial charge >= 0.3 is 5.97 Å². The molecule has 5 heteroatoms. The lowest BCUT2D eigenvalue weighted by Gasteiger charge is -2.26. The molecular formula is C25H37NO4. The topological polar surface area (TPSA) is 66.8 Å². The molecule has 2 rings (SSSR count). The molecule has 1 aliphatic rings. The Labute approximate surface area is 181 Å². The van der Waals surface area contributed by atoms with Crippen molar-refractivity contribution in [2.24, 2.45) is 5.92 Å². The van der Waals surface area contributed by atoms with Crippen LogP contribution in [0.25, 0.3) is 0 Å². The highest BCUT2D eigenvalue weighted by Crippen LogP contribution is 2.25. The third-order valence-electron chi connectivity index (χ3n) is 6.08. The summed E-state index contributed by atoms with van der Waals surface area (Å²) >= 11 is 0. The van der Waals surface area contributed by atoms with Gasteiger partial charge in [0, 0.05) is 25.4 Å². The van der Waals surface area contributed by atoms with Crippen LogP contribution in [0.4, 0.5) is 0 Å². The van der Waals surface area contributed by atoms with Gasteiger partial charge in [0.25, 0.3) is 0 Å². The minimum Gasteiger partial charge on any atom is -0.469 e. The molecule has 3 atom stereocenters. The van der Waals surface area contributed by atoms with E-state index >= 15 is 0 Å². The predicted octanol–water partition coefficient (Wildman–Crippen LogP) is 4.29. The van der Waals surface area contributed by atoms with E-state index in [4.69, 9.17) is 0 Å². The van der Waals surface area contributed by atoms with Crippen LogP contribution >= 0.6 is 0 Å². The maximum Gasteiger partial charge on any atom is 0.305 e. The van der Waals surface area contributed by atoms with Crippen LogP contribution in [0.2, 0.25) is 0 Å². The lowest BCUT2D eigenvalue weighted by Crippen LogP contribution is -2.34. The van der Waals surface area contributed by atoms with E-state index in [0.717, 1.165) is 44.9 Å². The highest BCUT2D eigenvalue weighted by molar-refractivity contribution is 5.78. The standard InChI is InChI=1S/C25H37NO4/c1-20(13-14-21-10-6-5-7-11-21)23(27)17-15-22-16-18-24(28)26(22)19-9-4-3-8-12-25(29)30-2/h4-7,9-11,20,22-23,27H,3,8,12-19H2,1-2H3/t20-,22-,23+/m0/s1. The van der Waals surface area contributed by atoms with E-state index < -0.39 is 0 Å². The van der Waals surface area contributed by atoms with E-state index in [-0.39, 0.29) is 29.9 Å². The number of unbranched alkanes of at least 4 members (excludes halogenated alkanes) is 1. The van der Waals surface area contributed by atoms with Crippen molar-refractivity contribution in [2.75, 3.05) is 13.7 Å². The average Bonchev–Trinajstić information content (AvgIpc) is 3.12. The Kier molecular flexibility index (Phi) is 10.6. The van der Waals surface area contributed by atoms with Crippen LogP contribution in [0, 0.1) is 5.92 Å². The first-order valence-electron chi connectivity index (χ1n) is 11.2. The largest absolute Gasteiger partial charge is 0.469 e. The summed E-state index contributed by atoms with van der Waals surface area (Å²) in [6.07, 6.45) is 10.7. The van der Waals surface area contributed by atoms with Gasteiger partial charge in [-0.05, 0) is 56.4 Å². The molecule has 0 aromatic heterocycles. The molecule has 0 spiro atoms. The normalized spacial score (nSPS) is 18.7. The summed E-state index contributed by atoms with van der Waals surface area (Å²) in [6, 6.07) is 10.6. The van der Waals surface area contributed by atoms with E-state index in [9.17, 15) is 14.7 Å². The molecule has 1 aromatic carbocycles. The number of benzene rings is 1. The number of aliphatic hydroxyl groups is 1. The number of carbonyl (C=O) groups is 2. The number of carbonyl (C=O) groups excluding carboxylic acids is 2. The molecule has 0 aliphatic carbocycles. The molecule has 0 bridgehead atoms. The van der Waals surface area contributed by atoms with Crippen LogP contribution in [0.3, 0.4) is 0 Å². The Balaban J connectivity index is 1.69. The third-order valence-corrected chi connectivity index (χ3v) is 6.08. The van der Waals surface area contributed by atoms with Crippen molar-refractivity contribution in [3.05, 3.63) is 48.0 Å². The number of likely N-dealkylation sites (tertiary alicyclic amines) is 1. The Morgan fingerprint density at radius 1 is 1.27 bits per heavy atom. The number of hydrogen-bond acceptors (Lipinski definition) is 4. The number of methoxy groups -OCH3 is 1. The van der Waals surface area contributed by atoms with Gasteiger partial charge in [-0.2, -0.15) is 0 Å². The molecule has 5 nitrogen and oxygen atoms in total. The van der Waals surface area contributed by atoms with Crippen molar-refractivity contribution in [3.63, 3.8) is 0 Å². The molecule has 1 amide bonds. The van der Waals surface area contributed by atoms with Crippen LogP contribution in [0.15, 0.2) is 42.5 Å². The third kappa shape index (κ3) is 8.31. The number of allylic oxidation sites excluding steroid dienone is 1. The van der Waals surface area contributed by atoms with E-state index in [1.165, 1.54) is 12.7 Å². The second-order valence-electron chi connectivity index (χ2n) is 8.32. The van der Waals surface area contributed by atoms with Crippen LogP contribution in [-0.2, 0) is 20.7 Å². The van der Waals surface area contributed by atoms with Crippen molar-refractivity contribution in [1.29, 1.82) is 0 Å². The van der Waals surface area contributed by atoms with Crippen LogP contribution < -0.4 is 0 Å². The zero-order valence-electron chi connectivity index (χ0n) is 18.5. The number of aryl methyl sites for hydroxylation is 1. The zero-order valence-corrected chi connectivity index (χ0v) is 18.5. The maximum atomic E-state index is 12.2. The molecule has 1 saturated heterocycles. The second kappa shape index (κ2) is 13.2. The number of nitrogens with zero attached hydrogens (tertiary/aromatic N) is 1. The Morgan fingerprint density at radius 3 is 2.77 bits per heavy atom. The summed E-state index contributed by atoms with van der Waals surface area (Å²) in [5, 5.41) is 10.6. The Bertz CT molecular complexity index is 673. The van der Waals surface area contributed by atoms with Gasteiger partial charge in [0.2, 0.25) is 5.91 Å². The molecular weight excluding hydrogens is 378 g/mol. The first-order valence-corrected chi connectivity index (χ1v) is 11.2. The smallest absolute Gasteiger partial charge is 0.305 e. The van der Waals surface area contributed by atoms with Gasteiger partial charge < -0.3 is 14.7 Å². The minimum absolute atomic E-state index is 0.185. The highest BCUT2D eigenvalue weighted by Gasteiger charge is 2.30. The molecule has 30 heavy (non-hydrogen) atoms. The van der Waals surface area contributed by atoms with Gasteiger partial charge in [-0.25, -0.2) is 0 Å². The summed E-state index contributed by atoms with van der Waals surface area (Å²) in [5.74, 6) is 0.256. The summed E-state index contributed by atoms with van der Waals surface area (Å²) in [7, 11) is 1.40. The van der Waals surface area contributed by atoms with Crippen molar-refractivity contribution >= 4 is 11.9 Å². The molecule has 0 radical (unpaired) electrons. The molecule has 1 fully saturated rings. The van der Waals surface area contributed by atoms with Crippen molar-refractivity contribution in [1.82, 2.24) is 4.90 Å². The number of ether oxygens (including phenoxy) is 1. The Morgan fingerprint density at radius 2 is 2.03 bits per heavy atom. The fourth-order valence-corrected chi connectivity index (χ4v) is 4.00. The van der Waals surface area contributed by atoms with Crippen LogP contribution in [-0.4, -0.2) is 47.7 Å². The van der Waals surface area contributed by atoms with Gasteiger partial charge in [0.1, 0.15) is 0 Å². The fraction of sp³-hybridized carbons (Fsp3) is 0.600. The number of amides is 1. The van der Waals surface area contributed by atoms with Gasteiger partial charge in [-0.15, -0.1) is 0 Å². The van der Waals surface area contributed by atoms with Gasteiger partial charge in [0.05, 0.1) is 13.2 Å². The highest BCUT2D eigenvalue weighted by atomic mass is 16.5. The zero-order chi connectivity index (χ0) is 21.8. The van der Waals surface area contributed by atoms with Gasteiger partial charge in [-0.3, -0.25) is 9.59 Å². The van der Waals surface area contributed by atoms with Gasteiger partial charge in [0.15, 0.2) is 0 Å². The average molecular weight is 416 g/mol. The molecule has 1 heterocycles. The van der Waals surface area contributed by atoms with Gasteiger partial charge in [-0.1, -0.05) is 49.4 Å². The van der Waals surface area contributed by atoms with E-state index in [2.05, 4.69) is 35.9 Å². The van der Waals surface area contributed by atoms with E-state index in [1.54, 1.807) is 0 Å². The van der Waals surface area contributed by atoms with E-state index in [1.807, 2.05) is 23.1 Å². The quantitative estimate of drug-likeness (QED) is 0.297. The molecule has 1 aromatic rings. The van der Waals surface area contributed by atoms with Crippen molar-refractivity contribution in [3.8, 4) is 0 Å². The Hall–Kier alpha value is -2.14. The molecule has 0 unspecified atom stereocenters. The molecule has 1 aliphatic heterocycles. The number of hydrogen-bond donors (Lipinski definition) is 1. The monoisotopic (exact) mass is 415 g/mol. The summed E-state index contributed by atoms with van der Waals surface area (Å²) in [6.45, 7) is 2.73. The number of rotatable bonds is 13. The number of esters is 1. The SMILES string of the molecule is COC(=O)CCCC=CCN1C(=O)CC[C@@H]1CC[C@@H](O)[C@@H](C)CCc1ccccc1. The maximum absolute atomic E-state index is 12.2. The van der Waals surface area contributed by atoms with Crippen LogP contribution in [0.5, 0.6) is 0 Å². The summed E-state index contributed by atoms with van der Waals surface area (Å²) < 4.78 is 4.63. The van der Waals surface area contributed by atoms with E-state index in [0.29, 0.717) is 19.4 Å². The first-order chi connectivity index (χ1) is 14.5. The lowest BCUT2D eigenvalue weighted by molar-refractivity contribution is -0.140. The first kappa shape index (κ1) is 24.1. The summed E-state index contributed by atoms with van der Waals surface area (Å²) in [4.78, 5) is 25.3. The number of aliphatic hydroxyl groups excluding tert-OH is 1. The summed E-state index contributed by atoms with van der Waals surface area (Å²) in [5.41, 5.74) is 1.31.